The molecule has 2 atom stereocenters. The summed E-state index contributed by atoms with van der Waals surface area (Å²) in [7, 11) is 1.55. The molecular weight excluding hydrogens is 240 g/mol. The topological polar surface area (TPSA) is 35.5 Å². The first-order valence-electron chi connectivity index (χ1n) is 6.90. The van der Waals surface area contributed by atoms with Crippen LogP contribution in [-0.4, -0.2) is 25.8 Å². The number of esters is 1. The number of rotatable bonds is 8. The van der Waals surface area contributed by atoms with Crippen LogP contribution in [0.4, 0.5) is 0 Å². The van der Waals surface area contributed by atoms with Crippen LogP contribution in [0.25, 0.3) is 0 Å². The Kier molecular flexibility index (Phi) is 7.19. The van der Waals surface area contributed by atoms with Crippen molar-refractivity contribution < 1.29 is 14.3 Å². The third-order valence-electron chi connectivity index (χ3n) is 3.10. The molecule has 19 heavy (non-hydrogen) atoms. The standard InChI is InChI=1S/C16H24O3/c1-4-8-13(2)12-19-16(17)15(18-3)11-14-9-6-5-7-10-14/h5-7,9-10,13,15H,4,8,11-12H2,1-3H3. The molecule has 2 unspecified atom stereocenters. The first-order valence-corrected chi connectivity index (χ1v) is 6.90. The van der Waals surface area contributed by atoms with Crippen molar-refractivity contribution in [2.45, 2.75) is 39.2 Å². The lowest BCUT2D eigenvalue weighted by molar-refractivity contribution is -0.156. The molecule has 0 bridgehead atoms. The third-order valence-corrected chi connectivity index (χ3v) is 3.10. The molecule has 106 valence electrons. The summed E-state index contributed by atoms with van der Waals surface area (Å²) < 4.78 is 10.6. The van der Waals surface area contributed by atoms with Gasteiger partial charge in [0.05, 0.1) is 6.61 Å². The van der Waals surface area contributed by atoms with E-state index in [9.17, 15) is 4.79 Å². The van der Waals surface area contributed by atoms with E-state index < -0.39 is 6.10 Å². The van der Waals surface area contributed by atoms with Crippen LogP contribution in [0, 0.1) is 5.92 Å². The average Bonchev–Trinajstić information content (AvgIpc) is 2.43. The Morgan fingerprint density at radius 2 is 1.95 bits per heavy atom. The normalized spacial score (nSPS) is 13.8. The fourth-order valence-corrected chi connectivity index (χ4v) is 1.98. The first kappa shape index (κ1) is 15.7. The molecule has 1 aromatic rings. The summed E-state index contributed by atoms with van der Waals surface area (Å²) in [6.07, 6.45) is 2.22. The Hall–Kier alpha value is -1.35. The quantitative estimate of drug-likeness (QED) is 0.676. The molecule has 0 spiro atoms. The highest BCUT2D eigenvalue weighted by atomic mass is 16.6. The highest BCUT2D eigenvalue weighted by Crippen LogP contribution is 2.10. The van der Waals surface area contributed by atoms with E-state index in [0.717, 1.165) is 18.4 Å². The van der Waals surface area contributed by atoms with Crippen LogP contribution in [0.3, 0.4) is 0 Å². The second kappa shape index (κ2) is 8.70. The van der Waals surface area contributed by atoms with E-state index >= 15 is 0 Å². The summed E-state index contributed by atoms with van der Waals surface area (Å²) in [5.41, 5.74) is 1.08. The van der Waals surface area contributed by atoms with Crippen LogP contribution in [-0.2, 0) is 20.7 Å². The van der Waals surface area contributed by atoms with Crippen LogP contribution in [0.2, 0.25) is 0 Å². The van der Waals surface area contributed by atoms with Gasteiger partial charge in [-0.25, -0.2) is 4.79 Å². The van der Waals surface area contributed by atoms with Crippen molar-refractivity contribution in [3.8, 4) is 0 Å². The first-order chi connectivity index (χ1) is 9.17. The minimum atomic E-state index is -0.517. The van der Waals surface area contributed by atoms with Gasteiger partial charge in [0, 0.05) is 13.5 Å². The molecule has 0 radical (unpaired) electrons. The number of benzene rings is 1. The van der Waals surface area contributed by atoms with Crippen LogP contribution >= 0.6 is 0 Å². The van der Waals surface area contributed by atoms with E-state index in [1.165, 1.54) is 0 Å². The van der Waals surface area contributed by atoms with E-state index in [1.807, 2.05) is 30.3 Å². The molecule has 0 amide bonds. The molecule has 0 aromatic heterocycles. The Labute approximate surface area is 115 Å². The highest BCUT2D eigenvalue weighted by molar-refractivity contribution is 5.75. The van der Waals surface area contributed by atoms with Crippen LogP contribution in [0.15, 0.2) is 30.3 Å². The summed E-state index contributed by atoms with van der Waals surface area (Å²) in [4.78, 5) is 11.9. The number of carbonyl (C=O) groups is 1. The fourth-order valence-electron chi connectivity index (χ4n) is 1.98. The number of methoxy groups -OCH3 is 1. The molecule has 1 aromatic carbocycles. The van der Waals surface area contributed by atoms with Crippen LogP contribution in [0.5, 0.6) is 0 Å². The van der Waals surface area contributed by atoms with E-state index in [4.69, 9.17) is 9.47 Å². The van der Waals surface area contributed by atoms with E-state index in [-0.39, 0.29) is 5.97 Å². The third kappa shape index (κ3) is 5.88. The monoisotopic (exact) mass is 264 g/mol. The van der Waals surface area contributed by atoms with Crippen molar-refractivity contribution in [2.24, 2.45) is 5.92 Å². The molecule has 0 N–H and O–H groups in total. The largest absolute Gasteiger partial charge is 0.463 e. The fraction of sp³-hybridized carbons (Fsp3) is 0.562. The van der Waals surface area contributed by atoms with Crippen molar-refractivity contribution >= 4 is 5.97 Å². The Morgan fingerprint density at radius 1 is 1.26 bits per heavy atom. The lowest BCUT2D eigenvalue weighted by Gasteiger charge is -2.16. The lowest BCUT2D eigenvalue weighted by Crippen LogP contribution is -2.29. The van der Waals surface area contributed by atoms with Gasteiger partial charge in [0.25, 0.3) is 0 Å². The molecule has 3 nitrogen and oxygen atoms in total. The van der Waals surface area contributed by atoms with Gasteiger partial charge in [-0.2, -0.15) is 0 Å². The van der Waals surface area contributed by atoms with Gasteiger partial charge in [0.2, 0.25) is 0 Å². The van der Waals surface area contributed by atoms with Gasteiger partial charge >= 0.3 is 5.97 Å². The Bertz CT molecular complexity index is 362. The zero-order valence-electron chi connectivity index (χ0n) is 12.1. The molecular formula is C16H24O3. The minimum Gasteiger partial charge on any atom is -0.463 e. The van der Waals surface area contributed by atoms with Crippen molar-refractivity contribution in [1.29, 1.82) is 0 Å². The zero-order valence-corrected chi connectivity index (χ0v) is 12.1. The van der Waals surface area contributed by atoms with Crippen molar-refractivity contribution in [1.82, 2.24) is 0 Å². The van der Waals surface area contributed by atoms with Crippen LogP contribution in [0.1, 0.15) is 32.3 Å². The van der Waals surface area contributed by atoms with Gasteiger partial charge < -0.3 is 9.47 Å². The van der Waals surface area contributed by atoms with Gasteiger partial charge in [-0.3, -0.25) is 0 Å². The molecule has 0 aliphatic rings. The zero-order chi connectivity index (χ0) is 14.1. The van der Waals surface area contributed by atoms with Gasteiger partial charge in [-0.1, -0.05) is 50.6 Å². The van der Waals surface area contributed by atoms with E-state index in [2.05, 4.69) is 13.8 Å². The predicted molar refractivity (Wildman–Crippen MR) is 76.0 cm³/mol. The van der Waals surface area contributed by atoms with Crippen molar-refractivity contribution in [3.05, 3.63) is 35.9 Å². The molecule has 0 aliphatic carbocycles. The molecule has 0 saturated carbocycles. The van der Waals surface area contributed by atoms with Crippen molar-refractivity contribution in [2.75, 3.05) is 13.7 Å². The summed E-state index contributed by atoms with van der Waals surface area (Å²) in [6, 6.07) is 9.83. The maximum absolute atomic E-state index is 11.9. The summed E-state index contributed by atoms with van der Waals surface area (Å²) in [6.45, 7) is 4.70. The number of carbonyl (C=O) groups excluding carboxylic acids is 1. The Morgan fingerprint density at radius 3 is 2.53 bits per heavy atom. The molecule has 3 heteroatoms. The molecule has 1 rings (SSSR count). The SMILES string of the molecule is CCCC(C)COC(=O)C(Cc1ccccc1)OC. The number of ether oxygens (including phenoxy) is 2. The van der Waals surface area contributed by atoms with Gasteiger partial charge in [0.1, 0.15) is 0 Å². The van der Waals surface area contributed by atoms with Crippen LogP contribution < -0.4 is 0 Å². The second-order valence-electron chi connectivity index (χ2n) is 4.94. The second-order valence-corrected chi connectivity index (χ2v) is 4.94. The predicted octanol–water partition coefficient (Wildman–Crippen LogP) is 3.22. The number of hydrogen-bond acceptors (Lipinski definition) is 3. The Balaban J connectivity index is 2.44. The smallest absolute Gasteiger partial charge is 0.335 e. The van der Waals surface area contributed by atoms with E-state index in [0.29, 0.717) is 18.9 Å². The van der Waals surface area contributed by atoms with E-state index in [1.54, 1.807) is 7.11 Å². The highest BCUT2D eigenvalue weighted by Gasteiger charge is 2.20. The lowest BCUT2D eigenvalue weighted by atomic mass is 10.1. The van der Waals surface area contributed by atoms with Gasteiger partial charge in [0.15, 0.2) is 6.10 Å². The molecule has 0 fully saturated rings. The molecule has 0 saturated heterocycles. The summed E-state index contributed by atoms with van der Waals surface area (Å²) in [5.74, 6) is 0.137. The summed E-state index contributed by atoms with van der Waals surface area (Å²) >= 11 is 0. The average molecular weight is 264 g/mol. The molecule has 0 aliphatic heterocycles. The van der Waals surface area contributed by atoms with Crippen molar-refractivity contribution in [3.63, 3.8) is 0 Å². The summed E-state index contributed by atoms with van der Waals surface area (Å²) in [5, 5.41) is 0. The number of hydrogen-bond donors (Lipinski definition) is 0. The minimum absolute atomic E-state index is 0.269. The maximum Gasteiger partial charge on any atom is 0.335 e. The van der Waals surface area contributed by atoms with Gasteiger partial charge in [-0.15, -0.1) is 0 Å². The maximum atomic E-state index is 11.9. The van der Waals surface area contributed by atoms with Gasteiger partial charge in [-0.05, 0) is 17.9 Å². The molecule has 0 heterocycles.